The van der Waals surface area contributed by atoms with E-state index >= 15 is 0 Å². The second kappa shape index (κ2) is 4.31. The summed E-state index contributed by atoms with van der Waals surface area (Å²) in [5.74, 6) is 0.269. The minimum absolute atomic E-state index is 0.269. The molecule has 0 aromatic carbocycles. The molecule has 16 heavy (non-hydrogen) atoms. The van der Waals surface area contributed by atoms with Gasteiger partial charge in [0.1, 0.15) is 5.82 Å². The molecular formula is C10H10Cl2N4. The van der Waals surface area contributed by atoms with Crippen LogP contribution >= 0.6 is 23.2 Å². The molecule has 2 aromatic rings. The van der Waals surface area contributed by atoms with Crippen LogP contribution in [-0.2, 0) is 6.54 Å². The monoisotopic (exact) mass is 256 g/mol. The van der Waals surface area contributed by atoms with Gasteiger partial charge in [-0.2, -0.15) is 5.10 Å². The van der Waals surface area contributed by atoms with E-state index in [-0.39, 0.29) is 5.82 Å². The van der Waals surface area contributed by atoms with Gasteiger partial charge in [0, 0.05) is 18.3 Å². The standard InChI is InChI=1S/C10H10Cl2N4/c1-2-16-5-6(4-14-16)9-7(11)3-8(12)10(13)15-9/h3-5H,2H2,1H3,(H2,13,15). The second-order valence-corrected chi connectivity index (χ2v) is 4.08. The van der Waals surface area contributed by atoms with Gasteiger partial charge in [-0.15, -0.1) is 0 Å². The third-order valence-corrected chi connectivity index (χ3v) is 2.78. The fourth-order valence-electron chi connectivity index (χ4n) is 1.34. The fraction of sp³-hybridized carbons (Fsp3) is 0.200. The van der Waals surface area contributed by atoms with E-state index in [1.54, 1.807) is 16.9 Å². The summed E-state index contributed by atoms with van der Waals surface area (Å²) in [6.07, 6.45) is 3.56. The molecule has 0 saturated heterocycles. The third-order valence-electron chi connectivity index (χ3n) is 2.19. The zero-order valence-electron chi connectivity index (χ0n) is 8.61. The predicted octanol–water partition coefficient (Wildman–Crippen LogP) is 2.85. The van der Waals surface area contributed by atoms with Gasteiger partial charge in [-0.25, -0.2) is 4.98 Å². The van der Waals surface area contributed by atoms with Crippen molar-refractivity contribution in [1.29, 1.82) is 0 Å². The van der Waals surface area contributed by atoms with Gasteiger partial charge in [0.2, 0.25) is 0 Å². The number of hydrogen-bond acceptors (Lipinski definition) is 3. The molecule has 0 aliphatic carbocycles. The Morgan fingerprint density at radius 1 is 1.38 bits per heavy atom. The Hall–Kier alpha value is -1.26. The van der Waals surface area contributed by atoms with Gasteiger partial charge in [-0.1, -0.05) is 23.2 Å². The Bertz CT molecular complexity index is 522. The van der Waals surface area contributed by atoms with Crippen LogP contribution in [-0.4, -0.2) is 14.8 Å². The number of nitrogens with two attached hydrogens (primary N) is 1. The van der Waals surface area contributed by atoms with Crippen LogP contribution in [0.4, 0.5) is 5.82 Å². The fourth-order valence-corrected chi connectivity index (χ4v) is 1.81. The molecule has 0 radical (unpaired) electrons. The van der Waals surface area contributed by atoms with Gasteiger partial charge in [0.05, 0.1) is 21.9 Å². The number of aryl methyl sites for hydroxylation is 1. The van der Waals surface area contributed by atoms with Gasteiger partial charge in [-0.3, -0.25) is 4.68 Å². The van der Waals surface area contributed by atoms with Crippen molar-refractivity contribution in [2.45, 2.75) is 13.5 Å². The molecule has 4 nitrogen and oxygen atoms in total. The van der Waals surface area contributed by atoms with E-state index in [2.05, 4.69) is 10.1 Å². The topological polar surface area (TPSA) is 56.7 Å². The molecular weight excluding hydrogens is 247 g/mol. The summed E-state index contributed by atoms with van der Waals surface area (Å²) in [5, 5.41) is 4.97. The Labute approximate surface area is 103 Å². The summed E-state index contributed by atoms with van der Waals surface area (Å²) in [6, 6.07) is 1.59. The van der Waals surface area contributed by atoms with Crippen LogP contribution in [0.25, 0.3) is 11.3 Å². The molecule has 2 aromatic heterocycles. The summed E-state index contributed by atoms with van der Waals surface area (Å²) in [6.45, 7) is 2.79. The number of halogens is 2. The zero-order valence-corrected chi connectivity index (χ0v) is 10.1. The normalized spacial score (nSPS) is 10.7. The Morgan fingerprint density at radius 2 is 2.12 bits per heavy atom. The summed E-state index contributed by atoms with van der Waals surface area (Å²) in [7, 11) is 0. The molecule has 0 spiro atoms. The molecule has 84 valence electrons. The number of aromatic nitrogens is 3. The summed E-state index contributed by atoms with van der Waals surface area (Å²) in [4.78, 5) is 4.15. The van der Waals surface area contributed by atoms with Crippen LogP contribution < -0.4 is 5.73 Å². The maximum atomic E-state index is 6.05. The SMILES string of the molecule is CCn1cc(-c2nc(N)c(Cl)cc2Cl)cn1. The highest BCUT2D eigenvalue weighted by Gasteiger charge is 2.10. The maximum Gasteiger partial charge on any atom is 0.143 e. The molecule has 2 rings (SSSR count). The van der Waals surface area contributed by atoms with Crippen LogP contribution in [0.1, 0.15) is 6.92 Å². The lowest BCUT2D eigenvalue weighted by molar-refractivity contribution is 0.660. The number of nitrogen functional groups attached to an aromatic ring is 1. The molecule has 2 N–H and O–H groups in total. The van der Waals surface area contributed by atoms with Gasteiger partial charge < -0.3 is 5.73 Å². The molecule has 6 heteroatoms. The van der Waals surface area contributed by atoms with Crippen LogP contribution in [0.5, 0.6) is 0 Å². The van der Waals surface area contributed by atoms with Gasteiger partial charge in [-0.05, 0) is 13.0 Å². The van der Waals surface area contributed by atoms with Crippen LogP contribution in [0.15, 0.2) is 18.5 Å². The van der Waals surface area contributed by atoms with Crippen LogP contribution in [0, 0.1) is 0 Å². The number of rotatable bonds is 2. The molecule has 2 heterocycles. The molecule has 0 unspecified atom stereocenters. The largest absolute Gasteiger partial charge is 0.382 e. The number of nitrogens with zero attached hydrogens (tertiary/aromatic N) is 3. The van der Waals surface area contributed by atoms with Crippen molar-refractivity contribution in [3.8, 4) is 11.3 Å². The number of hydrogen-bond donors (Lipinski definition) is 1. The average Bonchev–Trinajstić information content (AvgIpc) is 2.71. The minimum Gasteiger partial charge on any atom is -0.382 e. The number of anilines is 1. The predicted molar refractivity (Wildman–Crippen MR) is 65.6 cm³/mol. The van der Waals surface area contributed by atoms with Crippen LogP contribution in [0.2, 0.25) is 10.0 Å². The van der Waals surface area contributed by atoms with Crippen molar-refractivity contribution in [2.75, 3.05) is 5.73 Å². The lowest BCUT2D eigenvalue weighted by atomic mass is 10.2. The highest BCUT2D eigenvalue weighted by molar-refractivity contribution is 6.37. The molecule has 0 bridgehead atoms. The molecule has 0 aliphatic rings. The molecule has 0 amide bonds. The van der Waals surface area contributed by atoms with Crippen molar-refractivity contribution in [3.63, 3.8) is 0 Å². The first-order valence-corrected chi connectivity index (χ1v) is 5.51. The molecule has 0 aliphatic heterocycles. The number of pyridine rings is 1. The maximum absolute atomic E-state index is 6.05. The average molecular weight is 257 g/mol. The van der Waals surface area contributed by atoms with Gasteiger partial charge in [0.25, 0.3) is 0 Å². The minimum atomic E-state index is 0.269. The first-order valence-electron chi connectivity index (χ1n) is 4.76. The quantitative estimate of drug-likeness (QED) is 0.899. The van der Waals surface area contributed by atoms with E-state index in [4.69, 9.17) is 28.9 Å². The second-order valence-electron chi connectivity index (χ2n) is 3.27. The highest BCUT2D eigenvalue weighted by Crippen LogP contribution is 2.30. The van der Waals surface area contributed by atoms with Crippen molar-refractivity contribution < 1.29 is 0 Å². The van der Waals surface area contributed by atoms with Crippen molar-refractivity contribution in [2.24, 2.45) is 0 Å². The lowest BCUT2D eigenvalue weighted by Crippen LogP contribution is -1.94. The summed E-state index contributed by atoms with van der Waals surface area (Å²) >= 11 is 11.9. The molecule has 0 atom stereocenters. The Kier molecular flexibility index (Phi) is 3.03. The first-order chi connectivity index (χ1) is 7.61. The highest BCUT2D eigenvalue weighted by atomic mass is 35.5. The van der Waals surface area contributed by atoms with Crippen molar-refractivity contribution in [3.05, 3.63) is 28.5 Å². The Morgan fingerprint density at radius 3 is 2.75 bits per heavy atom. The van der Waals surface area contributed by atoms with Crippen LogP contribution in [0.3, 0.4) is 0 Å². The smallest absolute Gasteiger partial charge is 0.143 e. The van der Waals surface area contributed by atoms with E-state index in [1.165, 1.54) is 0 Å². The summed E-state index contributed by atoms with van der Waals surface area (Å²) < 4.78 is 1.79. The van der Waals surface area contributed by atoms with Gasteiger partial charge >= 0.3 is 0 Å². The molecule has 0 fully saturated rings. The Balaban J connectivity index is 2.51. The van der Waals surface area contributed by atoms with E-state index in [9.17, 15) is 0 Å². The lowest BCUT2D eigenvalue weighted by Gasteiger charge is -2.03. The molecule has 0 saturated carbocycles. The zero-order chi connectivity index (χ0) is 11.7. The third kappa shape index (κ3) is 1.99. The van der Waals surface area contributed by atoms with E-state index in [1.807, 2.05) is 13.1 Å². The van der Waals surface area contributed by atoms with E-state index in [0.717, 1.165) is 12.1 Å². The first kappa shape index (κ1) is 11.2. The van der Waals surface area contributed by atoms with E-state index in [0.29, 0.717) is 15.7 Å². The van der Waals surface area contributed by atoms with E-state index < -0.39 is 0 Å². The summed E-state index contributed by atoms with van der Waals surface area (Å²) in [5.41, 5.74) is 7.07. The van der Waals surface area contributed by atoms with Crippen molar-refractivity contribution >= 4 is 29.0 Å². The van der Waals surface area contributed by atoms with Gasteiger partial charge in [0.15, 0.2) is 0 Å². The van der Waals surface area contributed by atoms with Crippen molar-refractivity contribution in [1.82, 2.24) is 14.8 Å².